The molecule has 1 rings (SSSR count). The van der Waals surface area contributed by atoms with Gasteiger partial charge < -0.3 is 26.2 Å². The third-order valence-corrected chi connectivity index (χ3v) is 3.18. The van der Waals surface area contributed by atoms with Crippen molar-refractivity contribution in [2.24, 2.45) is 11.7 Å². The maximum atomic E-state index is 11.6. The first-order valence-electron chi connectivity index (χ1n) is 6.62. The molecule has 1 aliphatic rings. The van der Waals surface area contributed by atoms with E-state index in [1.807, 2.05) is 0 Å². The molecule has 0 saturated carbocycles. The second-order valence-electron chi connectivity index (χ2n) is 4.81. The van der Waals surface area contributed by atoms with Crippen molar-refractivity contribution in [3.8, 4) is 0 Å². The summed E-state index contributed by atoms with van der Waals surface area (Å²) in [5.41, 5.74) is 4.96. The van der Waals surface area contributed by atoms with Crippen LogP contribution in [0.25, 0.3) is 0 Å². The van der Waals surface area contributed by atoms with Crippen molar-refractivity contribution in [1.29, 1.82) is 0 Å². The summed E-state index contributed by atoms with van der Waals surface area (Å²) >= 11 is 0. The number of primary amides is 1. The van der Waals surface area contributed by atoms with Gasteiger partial charge in [-0.2, -0.15) is 0 Å². The van der Waals surface area contributed by atoms with E-state index in [0.29, 0.717) is 25.7 Å². The van der Waals surface area contributed by atoms with E-state index in [9.17, 15) is 14.4 Å². The maximum Gasteiger partial charge on any atom is 0.326 e. The number of amides is 3. The van der Waals surface area contributed by atoms with Crippen molar-refractivity contribution in [3.63, 3.8) is 0 Å². The summed E-state index contributed by atoms with van der Waals surface area (Å²) in [6.45, 7) is 1.85. The Balaban J connectivity index is 2.29. The highest BCUT2D eigenvalue weighted by Crippen LogP contribution is 2.13. The first-order valence-corrected chi connectivity index (χ1v) is 6.62. The summed E-state index contributed by atoms with van der Waals surface area (Å²) in [4.78, 5) is 33.2. The van der Waals surface area contributed by atoms with Gasteiger partial charge in [0.05, 0.1) is 0 Å². The van der Waals surface area contributed by atoms with Gasteiger partial charge in [-0.15, -0.1) is 0 Å². The number of carboxylic acid groups (broad SMARTS) is 1. The first-order chi connectivity index (χ1) is 9.49. The van der Waals surface area contributed by atoms with Crippen molar-refractivity contribution in [2.45, 2.75) is 31.7 Å². The molecule has 114 valence electrons. The van der Waals surface area contributed by atoms with Crippen LogP contribution in [0.4, 0.5) is 4.79 Å². The molecule has 0 aromatic rings. The van der Waals surface area contributed by atoms with Gasteiger partial charge in [-0.25, -0.2) is 9.59 Å². The minimum atomic E-state index is -1.19. The molecule has 0 unspecified atom stereocenters. The van der Waals surface area contributed by atoms with E-state index in [1.54, 1.807) is 0 Å². The van der Waals surface area contributed by atoms with Gasteiger partial charge in [-0.05, 0) is 25.2 Å². The molecule has 1 fully saturated rings. The van der Waals surface area contributed by atoms with Gasteiger partial charge >= 0.3 is 12.0 Å². The number of ether oxygens (including phenoxy) is 1. The SMILES string of the molecule is NC(=O)CC[C@@H](NC(=O)NCC1CCOCC1)C(=O)O. The van der Waals surface area contributed by atoms with Crippen molar-refractivity contribution < 1.29 is 24.2 Å². The van der Waals surface area contributed by atoms with Crippen LogP contribution in [0.1, 0.15) is 25.7 Å². The van der Waals surface area contributed by atoms with E-state index in [4.69, 9.17) is 15.6 Å². The fourth-order valence-corrected chi connectivity index (χ4v) is 1.94. The van der Waals surface area contributed by atoms with E-state index < -0.39 is 23.9 Å². The molecular weight excluding hydrogens is 266 g/mol. The molecule has 5 N–H and O–H groups in total. The normalized spacial score (nSPS) is 17.2. The number of hydrogen-bond donors (Lipinski definition) is 4. The second-order valence-corrected chi connectivity index (χ2v) is 4.81. The van der Waals surface area contributed by atoms with Gasteiger partial charge in [-0.3, -0.25) is 4.79 Å². The number of rotatable bonds is 7. The van der Waals surface area contributed by atoms with Crippen LogP contribution >= 0.6 is 0 Å². The van der Waals surface area contributed by atoms with E-state index in [-0.39, 0.29) is 12.8 Å². The van der Waals surface area contributed by atoms with Gasteiger partial charge in [0.15, 0.2) is 0 Å². The number of nitrogens with one attached hydrogen (secondary N) is 2. The third-order valence-electron chi connectivity index (χ3n) is 3.18. The quantitative estimate of drug-likeness (QED) is 0.498. The summed E-state index contributed by atoms with van der Waals surface area (Å²) in [6, 6.07) is -1.66. The lowest BCUT2D eigenvalue weighted by molar-refractivity contribution is -0.139. The van der Waals surface area contributed by atoms with E-state index in [1.165, 1.54) is 0 Å². The van der Waals surface area contributed by atoms with Crippen LogP contribution in [0.2, 0.25) is 0 Å². The first kappa shape index (κ1) is 16.2. The van der Waals surface area contributed by atoms with Gasteiger partial charge in [0.2, 0.25) is 5.91 Å². The Hall–Kier alpha value is -1.83. The van der Waals surface area contributed by atoms with E-state index >= 15 is 0 Å². The Morgan fingerprint density at radius 2 is 1.95 bits per heavy atom. The molecule has 3 amide bonds. The minimum Gasteiger partial charge on any atom is -0.480 e. The van der Waals surface area contributed by atoms with Crippen LogP contribution in [-0.4, -0.2) is 48.8 Å². The molecule has 1 aliphatic heterocycles. The fraction of sp³-hybridized carbons (Fsp3) is 0.750. The molecule has 8 heteroatoms. The van der Waals surface area contributed by atoms with Gasteiger partial charge in [0.25, 0.3) is 0 Å². The zero-order valence-electron chi connectivity index (χ0n) is 11.3. The van der Waals surface area contributed by atoms with Crippen LogP contribution < -0.4 is 16.4 Å². The number of carboxylic acids is 1. The smallest absolute Gasteiger partial charge is 0.326 e. The molecule has 1 heterocycles. The Morgan fingerprint density at radius 3 is 2.50 bits per heavy atom. The molecule has 0 bridgehead atoms. The molecule has 20 heavy (non-hydrogen) atoms. The Bertz CT molecular complexity index is 355. The summed E-state index contributed by atoms with van der Waals surface area (Å²) in [5.74, 6) is -1.43. The number of hydrogen-bond acceptors (Lipinski definition) is 4. The van der Waals surface area contributed by atoms with E-state index in [0.717, 1.165) is 12.8 Å². The lowest BCUT2D eigenvalue weighted by Crippen LogP contribution is -2.47. The van der Waals surface area contributed by atoms with Crippen LogP contribution in [0.15, 0.2) is 0 Å². The zero-order chi connectivity index (χ0) is 15.0. The highest BCUT2D eigenvalue weighted by atomic mass is 16.5. The average molecular weight is 287 g/mol. The molecule has 0 spiro atoms. The summed E-state index contributed by atoms with van der Waals surface area (Å²) in [7, 11) is 0. The van der Waals surface area contributed by atoms with Crippen molar-refractivity contribution in [1.82, 2.24) is 10.6 Å². The molecular formula is C12H21N3O5. The number of nitrogens with two attached hydrogens (primary N) is 1. The molecule has 0 aromatic heterocycles. The van der Waals surface area contributed by atoms with Gasteiger partial charge in [0.1, 0.15) is 6.04 Å². The van der Waals surface area contributed by atoms with Crippen molar-refractivity contribution in [3.05, 3.63) is 0 Å². The van der Waals surface area contributed by atoms with Gasteiger partial charge in [-0.1, -0.05) is 0 Å². The van der Waals surface area contributed by atoms with Crippen molar-refractivity contribution >= 4 is 17.9 Å². The summed E-state index contributed by atoms with van der Waals surface area (Å²) in [6.07, 6.45) is 1.65. The lowest BCUT2D eigenvalue weighted by Gasteiger charge is -2.22. The Labute approximate surface area is 117 Å². The molecule has 0 aromatic carbocycles. The predicted octanol–water partition coefficient (Wildman–Crippen LogP) is -0.569. The van der Waals surface area contributed by atoms with Crippen LogP contribution in [0.3, 0.4) is 0 Å². The largest absolute Gasteiger partial charge is 0.480 e. The molecule has 1 saturated heterocycles. The Kier molecular flexibility index (Phi) is 6.78. The van der Waals surface area contributed by atoms with Gasteiger partial charge in [0, 0.05) is 26.2 Å². The Morgan fingerprint density at radius 1 is 1.30 bits per heavy atom. The molecule has 0 radical (unpaired) electrons. The maximum absolute atomic E-state index is 11.6. The third kappa shape index (κ3) is 6.37. The van der Waals surface area contributed by atoms with Crippen LogP contribution in [0.5, 0.6) is 0 Å². The number of carbonyl (C=O) groups is 3. The number of aliphatic carboxylic acids is 1. The highest BCUT2D eigenvalue weighted by Gasteiger charge is 2.21. The van der Waals surface area contributed by atoms with Crippen LogP contribution in [0, 0.1) is 5.92 Å². The predicted molar refractivity (Wildman–Crippen MR) is 69.9 cm³/mol. The number of carbonyl (C=O) groups excluding carboxylic acids is 2. The second kappa shape index (κ2) is 8.36. The van der Waals surface area contributed by atoms with Crippen LogP contribution in [-0.2, 0) is 14.3 Å². The van der Waals surface area contributed by atoms with E-state index in [2.05, 4.69) is 10.6 Å². The molecule has 0 aliphatic carbocycles. The monoisotopic (exact) mass is 287 g/mol. The lowest BCUT2D eigenvalue weighted by atomic mass is 10.0. The summed E-state index contributed by atoms with van der Waals surface area (Å²) < 4.78 is 5.21. The summed E-state index contributed by atoms with van der Waals surface area (Å²) in [5, 5.41) is 13.9. The topological polar surface area (TPSA) is 131 Å². The standard InChI is InChI=1S/C12H21N3O5/c13-10(16)2-1-9(11(17)18)15-12(19)14-7-8-3-5-20-6-4-8/h8-9H,1-7H2,(H2,13,16)(H,17,18)(H2,14,15,19)/t9-/m1/s1. The molecule has 1 atom stereocenters. The fourth-order valence-electron chi connectivity index (χ4n) is 1.94. The molecule has 8 nitrogen and oxygen atoms in total. The van der Waals surface area contributed by atoms with Crippen molar-refractivity contribution in [2.75, 3.05) is 19.8 Å². The highest BCUT2D eigenvalue weighted by molar-refractivity contribution is 5.83. The zero-order valence-corrected chi connectivity index (χ0v) is 11.3. The minimum absolute atomic E-state index is 0.0185. The average Bonchev–Trinajstić information content (AvgIpc) is 2.41. The number of urea groups is 1.